The zero-order chi connectivity index (χ0) is 20.3. The maximum atomic E-state index is 12.6. The first-order valence-corrected chi connectivity index (χ1v) is 9.51. The molecule has 1 aliphatic rings. The lowest BCUT2D eigenvalue weighted by molar-refractivity contribution is 0.0223. The number of pyridine rings is 1. The van der Waals surface area contributed by atoms with Crippen LogP contribution in [0.4, 0.5) is 4.79 Å². The smallest absolute Gasteiger partial charge is 0.410 e. The van der Waals surface area contributed by atoms with Crippen molar-refractivity contribution in [2.75, 3.05) is 13.2 Å². The molecule has 3 rings (SSSR count). The summed E-state index contributed by atoms with van der Waals surface area (Å²) in [5.74, 6) is -0.411. The van der Waals surface area contributed by atoms with Crippen molar-refractivity contribution in [2.45, 2.75) is 46.3 Å². The number of hydrogen-bond donors (Lipinski definition) is 0. The number of aromatic nitrogens is 1. The number of rotatable bonds is 3. The highest BCUT2D eigenvalue weighted by Gasteiger charge is 2.28. The number of hydrogen-bond acceptors (Lipinski definition) is 5. The first-order chi connectivity index (χ1) is 13.3. The van der Waals surface area contributed by atoms with Crippen LogP contribution in [0.15, 0.2) is 36.4 Å². The molecule has 0 saturated heterocycles. The quantitative estimate of drug-likeness (QED) is 0.744. The van der Waals surface area contributed by atoms with Gasteiger partial charge in [-0.3, -0.25) is 4.98 Å². The Morgan fingerprint density at radius 2 is 1.89 bits per heavy atom. The van der Waals surface area contributed by atoms with Gasteiger partial charge in [0.1, 0.15) is 5.60 Å². The molecule has 28 heavy (non-hydrogen) atoms. The van der Waals surface area contributed by atoms with E-state index in [1.54, 1.807) is 17.9 Å². The van der Waals surface area contributed by atoms with Crippen LogP contribution in [0.2, 0.25) is 0 Å². The lowest BCUT2D eigenvalue weighted by Crippen LogP contribution is -2.40. The zero-order valence-electron chi connectivity index (χ0n) is 16.8. The summed E-state index contributed by atoms with van der Waals surface area (Å²) in [5.41, 5.74) is 3.08. The number of benzene rings is 1. The van der Waals surface area contributed by atoms with Crippen LogP contribution < -0.4 is 0 Å². The molecule has 0 aliphatic carbocycles. The molecule has 0 spiro atoms. The Labute approximate surface area is 165 Å². The van der Waals surface area contributed by atoms with Gasteiger partial charge >= 0.3 is 12.1 Å². The van der Waals surface area contributed by atoms with Gasteiger partial charge < -0.3 is 14.4 Å². The summed E-state index contributed by atoms with van der Waals surface area (Å²) in [6, 6.07) is 11.4. The van der Waals surface area contributed by atoms with E-state index in [0.29, 0.717) is 30.8 Å². The number of nitrogens with zero attached hydrogens (tertiary/aromatic N) is 2. The molecule has 0 saturated carbocycles. The zero-order valence-corrected chi connectivity index (χ0v) is 16.8. The summed E-state index contributed by atoms with van der Waals surface area (Å²) in [7, 11) is 0. The van der Waals surface area contributed by atoms with Crippen molar-refractivity contribution in [3.05, 3.63) is 53.2 Å². The molecule has 1 aromatic heterocycles. The van der Waals surface area contributed by atoms with Gasteiger partial charge in [-0.25, -0.2) is 9.59 Å². The molecule has 0 atom stereocenters. The molecule has 1 amide bonds. The second kappa shape index (κ2) is 8.00. The maximum absolute atomic E-state index is 12.6. The Morgan fingerprint density at radius 1 is 1.18 bits per heavy atom. The summed E-state index contributed by atoms with van der Waals surface area (Å²) in [6.45, 7) is 8.48. The van der Waals surface area contributed by atoms with E-state index in [9.17, 15) is 9.59 Å². The van der Waals surface area contributed by atoms with E-state index < -0.39 is 11.6 Å². The normalized spacial score (nSPS) is 13.6. The second-order valence-corrected chi connectivity index (χ2v) is 7.73. The van der Waals surface area contributed by atoms with E-state index in [1.807, 2.05) is 51.1 Å². The largest absolute Gasteiger partial charge is 0.462 e. The molecule has 0 N–H and O–H groups in total. The number of esters is 1. The summed E-state index contributed by atoms with van der Waals surface area (Å²) in [4.78, 5) is 31.4. The minimum atomic E-state index is -0.553. The number of carbonyl (C=O) groups is 2. The Hall–Kier alpha value is -2.89. The van der Waals surface area contributed by atoms with Gasteiger partial charge in [0, 0.05) is 24.2 Å². The third-order valence-corrected chi connectivity index (χ3v) is 4.37. The molecule has 0 radical (unpaired) electrons. The van der Waals surface area contributed by atoms with Crippen LogP contribution in [0.25, 0.3) is 11.3 Å². The van der Waals surface area contributed by atoms with Gasteiger partial charge in [-0.1, -0.05) is 30.3 Å². The number of fused-ring (bicyclic) bond motifs is 1. The van der Waals surface area contributed by atoms with Gasteiger partial charge in [0.05, 0.1) is 24.4 Å². The number of ether oxygens (including phenoxy) is 2. The van der Waals surface area contributed by atoms with Gasteiger partial charge in [0.25, 0.3) is 0 Å². The third-order valence-electron chi connectivity index (χ3n) is 4.37. The van der Waals surface area contributed by atoms with Crippen LogP contribution in [0.3, 0.4) is 0 Å². The molecule has 0 bridgehead atoms. The molecular formula is C22H26N2O4. The highest BCUT2D eigenvalue weighted by Crippen LogP contribution is 2.28. The average molecular weight is 382 g/mol. The summed E-state index contributed by atoms with van der Waals surface area (Å²) >= 11 is 0. The lowest BCUT2D eigenvalue weighted by Gasteiger charge is -2.31. The van der Waals surface area contributed by atoms with E-state index in [-0.39, 0.29) is 12.7 Å². The van der Waals surface area contributed by atoms with Crippen molar-refractivity contribution in [1.82, 2.24) is 9.88 Å². The number of carbonyl (C=O) groups excluding carboxylic acids is 2. The second-order valence-electron chi connectivity index (χ2n) is 7.73. The van der Waals surface area contributed by atoms with E-state index in [0.717, 1.165) is 16.8 Å². The fourth-order valence-electron chi connectivity index (χ4n) is 3.13. The average Bonchev–Trinajstić information content (AvgIpc) is 2.66. The fourth-order valence-corrected chi connectivity index (χ4v) is 3.13. The monoisotopic (exact) mass is 382 g/mol. The Morgan fingerprint density at radius 3 is 2.54 bits per heavy atom. The van der Waals surface area contributed by atoms with Crippen molar-refractivity contribution >= 4 is 12.1 Å². The van der Waals surface area contributed by atoms with Crippen LogP contribution in [0.5, 0.6) is 0 Å². The van der Waals surface area contributed by atoms with Crippen LogP contribution in [0, 0.1) is 0 Å². The SMILES string of the molecule is CCOC(=O)c1cc2c(nc1-c1ccccc1)CCN(C(=O)OC(C)(C)C)C2. The minimum Gasteiger partial charge on any atom is -0.462 e. The predicted molar refractivity (Wildman–Crippen MR) is 106 cm³/mol. The minimum absolute atomic E-state index is 0.286. The summed E-state index contributed by atoms with van der Waals surface area (Å²) in [5, 5.41) is 0. The van der Waals surface area contributed by atoms with E-state index in [2.05, 4.69) is 0 Å². The molecule has 1 aliphatic heterocycles. The fraction of sp³-hybridized carbons (Fsp3) is 0.409. The molecule has 2 aromatic rings. The van der Waals surface area contributed by atoms with Gasteiger partial charge in [-0.2, -0.15) is 0 Å². The number of amides is 1. The maximum Gasteiger partial charge on any atom is 0.410 e. The summed E-state index contributed by atoms with van der Waals surface area (Å²) < 4.78 is 10.7. The lowest BCUT2D eigenvalue weighted by atomic mass is 9.98. The molecule has 0 unspecified atom stereocenters. The van der Waals surface area contributed by atoms with E-state index in [4.69, 9.17) is 14.5 Å². The van der Waals surface area contributed by atoms with Crippen LogP contribution >= 0.6 is 0 Å². The van der Waals surface area contributed by atoms with Crippen molar-refractivity contribution in [3.63, 3.8) is 0 Å². The highest BCUT2D eigenvalue weighted by molar-refractivity contribution is 5.96. The molecule has 0 fully saturated rings. The molecule has 2 heterocycles. The first-order valence-electron chi connectivity index (χ1n) is 9.51. The van der Waals surface area contributed by atoms with E-state index in [1.165, 1.54) is 0 Å². The Kier molecular flexibility index (Phi) is 5.68. The van der Waals surface area contributed by atoms with E-state index >= 15 is 0 Å². The molecular weight excluding hydrogens is 356 g/mol. The predicted octanol–water partition coefficient (Wildman–Crippen LogP) is 4.22. The molecule has 6 nitrogen and oxygen atoms in total. The Bertz CT molecular complexity index is 872. The molecule has 6 heteroatoms. The van der Waals surface area contributed by atoms with Crippen molar-refractivity contribution in [1.29, 1.82) is 0 Å². The molecule has 148 valence electrons. The van der Waals surface area contributed by atoms with Crippen molar-refractivity contribution in [3.8, 4) is 11.3 Å². The van der Waals surface area contributed by atoms with Gasteiger partial charge in [0.2, 0.25) is 0 Å². The van der Waals surface area contributed by atoms with Gasteiger partial charge in [-0.05, 0) is 39.3 Å². The summed E-state index contributed by atoms with van der Waals surface area (Å²) in [6.07, 6.45) is 0.250. The molecule has 1 aromatic carbocycles. The van der Waals surface area contributed by atoms with Crippen LogP contribution in [-0.2, 0) is 22.4 Å². The standard InChI is InChI=1S/C22H26N2O4/c1-5-27-20(25)17-13-16-14-24(21(26)28-22(2,3)4)12-11-18(16)23-19(17)15-9-7-6-8-10-15/h6-10,13H,5,11-12,14H2,1-4H3. The first kappa shape index (κ1) is 19.9. The van der Waals surface area contributed by atoms with Gasteiger partial charge in [-0.15, -0.1) is 0 Å². The topological polar surface area (TPSA) is 68.7 Å². The Balaban J connectivity index is 1.96. The van der Waals surface area contributed by atoms with Crippen LogP contribution in [-0.4, -0.2) is 40.7 Å². The third kappa shape index (κ3) is 4.50. The highest BCUT2D eigenvalue weighted by atomic mass is 16.6. The van der Waals surface area contributed by atoms with Crippen molar-refractivity contribution < 1.29 is 19.1 Å². The van der Waals surface area contributed by atoms with Crippen molar-refractivity contribution in [2.24, 2.45) is 0 Å². The van der Waals surface area contributed by atoms with Crippen LogP contribution in [0.1, 0.15) is 49.3 Å². The van der Waals surface area contributed by atoms with Gasteiger partial charge in [0.15, 0.2) is 0 Å².